The molecule has 0 saturated heterocycles. The van der Waals surface area contributed by atoms with Gasteiger partial charge in [0.05, 0.1) is 10.9 Å². The van der Waals surface area contributed by atoms with Crippen LogP contribution in [0, 0.1) is 6.92 Å². The summed E-state index contributed by atoms with van der Waals surface area (Å²) in [5.74, 6) is 0.0237. The van der Waals surface area contributed by atoms with Gasteiger partial charge in [-0.3, -0.25) is 4.79 Å². The van der Waals surface area contributed by atoms with Gasteiger partial charge in [-0.05, 0) is 44.6 Å². The van der Waals surface area contributed by atoms with Gasteiger partial charge < -0.3 is 10.2 Å². The standard InChI is InChI=1S/C18H24N2OS/c1-5-14-11-17(22-13(14)2)18(21)19-12-16(20(3)4)15-9-7-6-8-10-15/h6-11,16H,5,12H2,1-4H3,(H,19,21). The van der Waals surface area contributed by atoms with Gasteiger partial charge in [0.1, 0.15) is 0 Å². The first-order chi connectivity index (χ1) is 10.5. The van der Waals surface area contributed by atoms with Crippen LogP contribution in [0.25, 0.3) is 0 Å². The Labute approximate surface area is 137 Å². The lowest BCUT2D eigenvalue weighted by molar-refractivity contribution is 0.0946. The summed E-state index contributed by atoms with van der Waals surface area (Å²) in [5, 5.41) is 3.07. The van der Waals surface area contributed by atoms with Crippen LogP contribution in [0.4, 0.5) is 0 Å². The first-order valence-electron chi connectivity index (χ1n) is 7.61. The number of hydrogen-bond donors (Lipinski definition) is 1. The fourth-order valence-corrected chi connectivity index (χ4v) is 3.56. The van der Waals surface area contributed by atoms with E-state index >= 15 is 0 Å². The van der Waals surface area contributed by atoms with Crippen molar-refractivity contribution in [3.63, 3.8) is 0 Å². The number of hydrogen-bond acceptors (Lipinski definition) is 3. The van der Waals surface area contributed by atoms with E-state index in [2.05, 4.69) is 36.2 Å². The van der Waals surface area contributed by atoms with Crippen LogP contribution in [0.15, 0.2) is 36.4 Å². The molecule has 3 nitrogen and oxygen atoms in total. The monoisotopic (exact) mass is 316 g/mol. The molecule has 0 aliphatic heterocycles. The van der Waals surface area contributed by atoms with Crippen molar-refractivity contribution in [2.45, 2.75) is 26.3 Å². The third-order valence-corrected chi connectivity index (χ3v) is 4.98. The van der Waals surface area contributed by atoms with Crippen molar-refractivity contribution in [3.05, 3.63) is 57.3 Å². The Morgan fingerprint density at radius 2 is 1.95 bits per heavy atom. The number of carbonyl (C=O) groups excluding carboxylic acids is 1. The van der Waals surface area contributed by atoms with Gasteiger partial charge in [-0.2, -0.15) is 0 Å². The van der Waals surface area contributed by atoms with E-state index < -0.39 is 0 Å². The highest BCUT2D eigenvalue weighted by Gasteiger charge is 2.17. The third kappa shape index (κ3) is 3.96. The number of benzene rings is 1. The summed E-state index contributed by atoms with van der Waals surface area (Å²) < 4.78 is 0. The van der Waals surface area contributed by atoms with Gasteiger partial charge in [0.15, 0.2) is 0 Å². The van der Waals surface area contributed by atoms with Crippen LogP contribution in [0.2, 0.25) is 0 Å². The Kier molecular flexibility index (Phi) is 5.75. The van der Waals surface area contributed by atoms with E-state index in [1.165, 1.54) is 16.0 Å². The Morgan fingerprint density at radius 3 is 2.50 bits per heavy atom. The van der Waals surface area contributed by atoms with E-state index in [-0.39, 0.29) is 11.9 Å². The summed E-state index contributed by atoms with van der Waals surface area (Å²) in [4.78, 5) is 16.5. The average molecular weight is 316 g/mol. The Hall–Kier alpha value is -1.65. The number of nitrogens with zero attached hydrogens (tertiary/aromatic N) is 1. The number of nitrogens with one attached hydrogen (secondary N) is 1. The zero-order chi connectivity index (χ0) is 16.1. The van der Waals surface area contributed by atoms with E-state index in [4.69, 9.17) is 0 Å². The number of carbonyl (C=O) groups is 1. The second-order valence-electron chi connectivity index (χ2n) is 5.65. The molecule has 1 unspecified atom stereocenters. The molecule has 1 atom stereocenters. The molecule has 2 rings (SSSR count). The highest BCUT2D eigenvalue weighted by atomic mass is 32.1. The van der Waals surface area contributed by atoms with E-state index in [0.29, 0.717) is 6.54 Å². The van der Waals surface area contributed by atoms with Gasteiger partial charge in [0.2, 0.25) is 0 Å². The second kappa shape index (κ2) is 7.56. The van der Waals surface area contributed by atoms with Gasteiger partial charge >= 0.3 is 0 Å². The molecule has 0 aliphatic carbocycles. The fraction of sp³-hybridized carbons (Fsp3) is 0.389. The minimum atomic E-state index is 0.0237. The Balaban J connectivity index is 2.04. The van der Waals surface area contributed by atoms with Crippen LogP contribution in [0.1, 0.15) is 38.6 Å². The highest BCUT2D eigenvalue weighted by molar-refractivity contribution is 7.14. The largest absolute Gasteiger partial charge is 0.349 e. The molecule has 1 aromatic heterocycles. The summed E-state index contributed by atoms with van der Waals surface area (Å²) in [6.07, 6.45) is 0.972. The third-order valence-electron chi connectivity index (χ3n) is 3.89. The van der Waals surface area contributed by atoms with Crippen LogP contribution in [0.3, 0.4) is 0 Å². The van der Waals surface area contributed by atoms with Gasteiger partial charge in [0, 0.05) is 11.4 Å². The molecule has 1 aromatic carbocycles. The average Bonchev–Trinajstić information content (AvgIpc) is 2.89. The molecule has 118 valence electrons. The van der Waals surface area contributed by atoms with Crippen LogP contribution >= 0.6 is 11.3 Å². The van der Waals surface area contributed by atoms with Crippen LogP contribution in [-0.4, -0.2) is 31.4 Å². The van der Waals surface area contributed by atoms with Crippen LogP contribution < -0.4 is 5.32 Å². The van der Waals surface area contributed by atoms with Crippen molar-refractivity contribution in [2.24, 2.45) is 0 Å². The molecular weight excluding hydrogens is 292 g/mol. The lowest BCUT2D eigenvalue weighted by Crippen LogP contribution is -2.34. The van der Waals surface area contributed by atoms with Crippen LogP contribution in [0.5, 0.6) is 0 Å². The van der Waals surface area contributed by atoms with Crippen molar-refractivity contribution in [3.8, 4) is 0 Å². The minimum absolute atomic E-state index is 0.0237. The first-order valence-corrected chi connectivity index (χ1v) is 8.43. The molecule has 1 N–H and O–H groups in total. The second-order valence-corrected chi connectivity index (χ2v) is 6.90. The smallest absolute Gasteiger partial charge is 0.261 e. The van der Waals surface area contributed by atoms with Gasteiger partial charge in [-0.15, -0.1) is 11.3 Å². The SMILES string of the molecule is CCc1cc(C(=O)NCC(c2ccccc2)N(C)C)sc1C. The van der Waals surface area contributed by atoms with Gasteiger partial charge in [-0.1, -0.05) is 37.3 Å². The predicted octanol–water partition coefficient (Wildman–Crippen LogP) is 3.65. The highest BCUT2D eigenvalue weighted by Crippen LogP contribution is 2.22. The van der Waals surface area contributed by atoms with Crippen molar-refractivity contribution in [1.82, 2.24) is 10.2 Å². The molecule has 1 amide bonds. The summed E-state index contributed by atoms with van der Waals surface area (Å²) >= 11 is 1.58. The zero-order valence-corrected chi connectivity index (χ0v) is 14.5. The molecule has 0 bridgehead atoms. The van der Waals surface area contributed by atoms with E-state index in [0.717, 1.165) is 11.3 Å². The van der Waals surface area contributed by atoms with Gasteiger partial charge in [0.25, 0.3) is 5.91 Å². The summed E-state index contributed by atoms with van der Waals surface area (Å²) in [6.45, 7) is 4.80. The molecule has 0 saturated carbocycles. The van der Waals surface area contributed by atoms with E-state index in [1.807, 2.05) is 38.4 Å². The normalized spacial score (nSPS) is 12.4. The van der Waals surface area contributed by atoms with Crippen molar-refractivity contribution in [1.29, 1.82) is 0 Å². The van der Waals surface area contributed by atoms with Crippen LogP contribution in [-0.2, 0) is 6.42 Å². The Bertz CT molecular complexity index is 619. The van der Waals surface area contributed by atoms with Crippen molar-refractivity contribution < 1.29 is 4.79 Å². The summed E-state index contributed by atoms with van der Waals surface area (Å²) in [6, 6.07) is 12.5. The van der Waals surface area contributed by atoms with Crippen molar-refractivity contribution >= 4 is 17.2 Å². The maximum atomic E-state index is 12.4. The maximum Gasteiger partial charge on any atom is 0.261 e. The van der Waals surface area contributed by atoms with E-state index in [1.54, 1.807) is 11.3 Å². The van der Waals surface area contributed by atoms with E-state index in [9.17, 15) is 4.79 Å². The molecule has 0 fully saturated rings. The lowest BCUT2D eigenvalue weighted by atomic mass is 10.1. The topological polar surface area (TPSA) is 32.3 Å². The quantitative estimate of drug-likeness (QED) is 0.882. The molecule has 22 heavy (non-hydrogen) atoms. The number of thiophene rings is 1. The molecular formula is C18H24N2OS. The maximum absolute atomic E-state index is 12.4. The molecule has 1 heterocycles. The minimum Gasteiger partial charge on any atom is -0.349 e. The number of rotatable bonds is 6. The predicted molar refractivity (Wildman–Crippen MR) is 93.6 cm³/mol. The summed E-state index contributed by atoms with van der Waals surface area (Å²) in [5.41, 5.74) is 2.48. The van der Waals surface area contributed by atoms with Gasteiger partial charge in [-0.25, -0.2) is 0 Å². The molecule has 0 aliphatic rings. The van der Waals surface area contributed by atoms with Crippen molar-refractivity contribution in [2.75, 3.05) is 20.6 Å². The lowest BCUT2D eigenvalue weighted by Gasteiger charge is -2.25. The zero-order valence-electron chi connectivity index (χ0n) is 13.7. The number of amides is 1. The molecule has 2 aromatic rings. The Morgan fingerprint density at radius 1 is 1.27 bits per heavy atom. The molecule has 4 heteroatoms. The number of aryl methyl sites for hydroxylation is 2. The summed E-state index contributed by atoms with van der Waals surface area (Å²) in [7, 11) is 4.07. The molecule has 0 radical (unpaired) electrons. The number of likely N-dealkylation sites (N-methyl/N-ethyl adjacent to an activating group) is 1. The first kappa shape index (κ1) is 16.7. The fourth-order valence-electron chi connectivity index (χ4n) is 2.53. The molecule has 0 spiro atoms.